The van der Waals surface area contributed by atoms with Gasteiger partial charge >= 0.3 is 0 Å². The van der Waals surface area contributed by atoms with Gasteiger partial charge in [0.15, 0.2) is 11.4 Å². The monoisotopic (exact) mass is 248 g/mol. The number of fused-ring (bicyclic) bond motifs is 1. The van der Waals surface area contributed by atoms with Crippen molar-refractivity contribution in [3.8, 4) is 0 Å². The number of halogens is 1. The third kappa shape index (κ3) is 1.74. The number of benzene rings is 1. The highest BCUT2D eigenvalue weighted by Gasteiger charge is 2.45. The Balaban J connectivity index is 2.08. The number of furan rings is 1. The van der Waals surface area contributed by atoms with E-state index in [4.69, 9.17) is 4.42 Å². The van der Waals surface area contributed by atoms with E-state index in [0.29, 0.717) is 24.0 Å². The first kappa shape index (κ1) is 11.7. The maximum atomic E-state index is 13.6. The maximum Gasteiger partial charge on any atom is 0.170 e. The van der Waals surface area contributed by atoms with E-state index in [0.717, 1.165) is 6.42 Å². The second-order valence-corrected chi connectivity index (χ2v) is 6.14. The van der Waals surface area contributed by atoms with E-state index in [-0.39, 0.29) is 16.8 Å². The first-order valence-corrected chi connectivity index (χ1v) is 6.31. The topological polar surface area (TPSA) is 33.4 Å². The molecule has 1 unspecified atom stereocenters. The van der Waals surface area contributed by atoms with Gasteiger partial charge in [0.05, 0.1) is 0 Å². The number of hydrogen-bond donors (Lipinski definition) is 1. The predicted octanol–water partition coefficient (Wildman–Crippen LogP) is 3.97. The molecular formula is C15H17FO2. The third-order valence-corrected chi connectivity index (χ3v) is 3.94. The molecule has 0 spiro atoms. The number of hydrogen-bond acceptors (Lipinski definition) is 2. The molecule has 3 rings (SSSR count). The summed E-state index contributed by atoms with van der Waals surface area (Å²) in [4.78, 5) is 0. The highest BCUT2D eigenvalue weighted by Crippen LogP contribution is 2.49. The molecule has 0 radical (unpaired) electrons. The van der Waals surface area contributed by atoms with Crippen LogP contribution in [0.2, 0.25) is 0 Å². The Morgan fingerprint density at radius 2 is 2.06 bits per heavy atom. The zero-order valence-electron chi connectivity index (χ0n) is 10.7. The summed E-state index contributed by atoms with van der Waals surface area (Å²) in [5, 5.41) is 11.4. The minimum atomic E-state index is -0.949. The van der Waals surface area contributed by atoms with E-state index in [1.807, 2.05) is 0 Å². The fourth-order valence-electron chi connectivity index (χ4n) is 2.98. The van der Waals surface area contributed by atoms with E-state index in [9.17, 15) is 9.50 Å². The molecule has 1 aromatic heterocycles. The second kappa shape index (κ2) is 3.58. The molecule has 0 amide bonds. The average molecular weight is 248 g/mol. The molecule has 18 heavy (non-hydrogen) atoms. The Kier molecular flexibility index (Phi) is 2.33. The fourth-order valence-corrected chi connectivity index (χ4v) is 2.98. The zero-order chi connectivity index (χ0) is 13.0. The van der Waals surface area contributed by atoms with Gasteiger partial charge in [-0.1, -0.05) is 26.0 Å². The van der Waals surface area contributed by atoms with Crippen LogP contribution >= 0.6 is 0 Å². The average Bonchev–Trinajstić information content (AvgIpc) is 2.82. The van der Waals surface area contributed by atoms with Crippen molar-refractivity contribution in [2.75, 3.05) is 0 Å². The van der Waals surface area contributed by atoms with Crippen molar-refractivity contribution >= 4 is 11.0 Å². The van der Waals surface area contributed by atoms with Gasteiger partial charge in [0.1, 0.15) is 11.4 Å². The van der Waals surface area contributed by atoms with Crippen LogP contribution in [0.1, 0.15) is 38.9 Å². The van der Waals surface area contributed by atoms with Crippen molar-refractivity contribution in [2.24, 2.45) is 5.41 Å². The molecule has 1 N–H and O–H groups in total. The van der Waals surface area contributed by atoms with Gasteiger partial charge in [-0.25, -0.2) is 4.39 Å². The molecule has 1 fully saturated rings. The molecule has 0 saturated heterocycles. The van der Waals surface area contributed by atoms with Gasteiger partial charge in [0.25, 0.3) is 0 Å². The van der Waals surface area contributed by atoms with Gasteiger partial charge in [-0.15, -0.1) is 0 Å². The van der Waals surface area contributed by atoms with E-state index in [2.05, 4.69) is 13.8 Å². The molecular weight excluding hydrogens is 231 g/mol. The summed E-state index contributed by atoms with van der Waals surface area (Å²) in [5.41, 5.74) is -0.605. The van der Waals surface area contributed by atoms with E-state index >= 15 is 0 Å². The van der Waals surface area contributed by atoms with Crippen LogP contribution in [0, 0.1) is 11.2 Å². The van der Waals surface area contributed by atoms with Gasteiger partial charge in [-0.3, -0.25) is 0 Å². The van der Waals surface area contributed by atoms with E-state index in [1.54, 1.807) is 18.2 Å². The van der Waals surface area contributed by atoms with Crippen molar-refractivity contribution < 1.29 is 13.9 Å². The van der Waals surface area contributed by atoms with E-state index in [1.165, 1.54) is 6.07 Å². The highest BCUT2D eigenvalue weighted by atomic mass is 19.1. The van der Waals surface area contributed by atoms with Crippen LogP contribution < -0.4 is 0 Å². The Labute approximate surface area is 105 Å². The fraction of sp³-hybridized carbons (Fsp3) is 0.467. The normalized spacial score (nSPS) is 26.9. The zero-order valence-corrected chi connectivity index (χ0v) is 10.7. The highest BCUT2D eigenvalue weighted by molar-refractivity contribution is 5.78. The summed E-state index contributed by atoms with van der Waals surface area (Å²) in [6.07, 6.45) is 2.27. The van der Waals surface area contributed by atoms with Crippen molar-refractivity contribution in [3.05, 3.63) is 35.8 Å². The summed E-state index contributed by atoms with van der Waals surface area (Å²) in [6.45, 7) is 4.27. The van der Waals surface area contributed by atoms with Crippen molar-refractivity contribution in [1.29, 1.82) is 0 Å². The molecule has 1 atom stereocenters. The molecule has 3 heteroatoms. The number of rotatable bonds is 1. The van der Waals surface area contributed by atoms with Crippen LogP contribution in [0.25, 0.3) is 11.0 Å². The van der Waals surface area contributed by atoms with Gasteiger partial charge in [-0.2, -0.15) is 0 Å². The van der Waals surface area contributed by atoms with Crippen LogP contribution in [0.4, 0.5) is 4.39 Å². The number of para-hydroxylation sites is 1. The van der Waals surface area contributed by atoms with Crippen LogP contribution in [-0.2, 0) is 5.60 Å². The Morgan fingerprint density at radius 1 is 1.28 bits per heavy atom. The smallest absolute Gasteiger partial charge is 0.170 e. The molecule has 1 aliphatic rings. The minimum Gasteiger partial charge on any atom is -0.455 e. The van der Waals surface area contributed by atoms with Gasteiger partial charge in [0.2, 0.25) is 0 Å². The predicted molar refractivity (Wildman–Crippen MR) is 67.7 cm³/mol. The van der Waals surface area contributed by atoms with Crippen LogP contribution in [0.15, 0.2) is 28.7 Å². The third-order valence-electron chi connectivity index (χ3n) is 3.94. The maximum absolute atomic E-state index is 13.6. The van der Waals surface area contributed by atoms with Crippen LogP contribution in [-0.4, -0.2) is 5.11 Å². The lowest BCUT2D eigenvalue weighted by Crippen LogP contribution is -2.22. The lowest BCUT2D eigenvalue weighted by atomic mass is 9.88. The van der Waals surface area contributed by atoms with Crippen molar-refractivity contribution in [3.63, 3.8) is 0 Å². The summed E-state index contributed by atoms with van der Waals surface area (Å²) in [6, 6.07) is 6.59. The molecule has 0 aliphatic heterocycles. The second-order valence-electron chi connectivity index (χ2n) is 6.14. The lowest BCUT2D eigenvalue weighted by Gasteiger charge is -2.22. The Hall–Kier alpha value is -1.35. The quantitative estimate of drug-likeness (QED) is 0.828. The Bertz CT molecular complexity index is 600. The molecule has 0 bridgehead atoms. The van der Waals surface area contributed by atoms with Crippen molar-refractivity contribution in [1.82, 2.24) is 0 Å². The van der Waals surface area contributed by atoms with Crippen molar-refractivity contribution in [2.45, 2.75) is 38.7 Å². The van der Waals surface area contributed by atoms with Gasteiger partial charge in [0, 0.05) is 5.39 Å². The molecule has 1 heterocycles. The summed E-state index contributed by atoms with van der Waals surface area (Å²) >= 11 is 0. The summed E-state index contributed by atoms with van der Waals surface area (Å²) < 4.78 is 19.1. The Morgan fingerprint density at radius 3 is 2.67 bits per heavy atom. The van der Waals surface area contributed by atoms with Gasteiger partial charge in [-0.05, 0) is 36.8 Å². The molecule has 2 aromatic rings. The van der Waals surface area contributed by atoms with Crippen LogP contribution in [0.5, 0.6) is 0 Å². The number of aliphatic hydroxyl groups is 1. The SMILES string of the molecule is CC1(C)CCC(O)(c2cc3cccc(F)c3o2)C1. The van der Waals surface area contributed by atoms with E-state index < -0.39 is 5.60 Å². The minimum absolute atomic E-state index is 0.103. The molecule has 1 saturated carbocycles. The largest absolute Gasteiger partial charge is 0.455 e. The molecule has 1 aliphatic carbocycles. The summed E-state index contributed by atoms with van der Waals surface area (Å²) in [5.74, 6) is 0.118. The first-order chi connectivity index (χ1) is 8.40. The van der Waals surface area contributed by atoms with Gasteiger partial charge < -0.3 is 9.52 Å². The lowest BCUT2D eigenvalue weighted by molar-refractivity contribution is 0.0137. The first-order valence-electron chi connectivity index (χ1n) is 6.31. The molecule has 2 nitrogen and oxygen atoms in total. The molecule has 96 valence electrons. The summed E-state index contributed by atoms with van der Waals surface area (Å²) in [7, 11) is 0. The molecule has 1 aromatic carbocycles. The van der Waals surface area contributed by atoms with Crippen LogP contribution in [0.3, 0.4) is 0 Å². The standard InChI is InChI=1S/C15H17FO2/c1-14(2)6-7-15(17,9-14)12-8-10-4-3-5-11(16)13(10)18-12/h3-5,8,17H,6-7,9H2,1-2H3.